The van der Waals surface area contributed by atoms with Gasteiger partial charge in [-0.25, -0.2) is 0 Å². The summed E-state index contributed by atoms with van der Waals surface area (Å²) in [6.07, 6.45) is 0.343. The van der Waals surface area contributed by atoms with Gasteiger partial charge in [0.05, 0.1) is 10.0 Å². The topological polar surface area (TPSA) is 75.3 Å². The summed E-state index contributed by atoms with van der Waals surface area (Å²) in [5.41, 5.74) is 6.13. The highest BCUT2D eigenvalue weighted by molar-refractivity contribution is 6.42. The Balaban J connectivity index is 2.43. The van der Waals surface area contributed by atoms with Gasteiger partial charge in [-0.3, -0.25) is 4.79 Å². The molecule has 1 rings (SSSR count). The van der Waals surface area contributed by atoms with Gasteiger partial charge in [-0.2, -0.15) is 0 Å². The van der Waals surface area contributed by atoms with E-state index in [1.54, 1.807) is 18.2 Å². The summed E-state index contributed by atoms with van der Waals surface area (Å²) in [4.78, 5) is 10.4. The third-order valence-electron chi connectivity index (χ3n) is 2.02. The number of halogens is 2. The van der Waals surface area contributed by atoms with Crippen LogP contribution >= 0.6 is 23.2 Å². The second kappa shape index (κ2) is 5.94. The molecular formula is C10H12Cl2N2O2. The lowest BCUT2D eigenvalue weighted by Crippen LogP contribution is -2.32. The number of carboxylic acid groups (broad SMARTS) is 1. The number of anilines is 1. The molecule has 0 amide bonds. The minimum absolute atomic E-state index is 0.343. The molecule has 4 N–H and O–H groups in total. The van der Waals surface area contributed by atoms with Crippen LogP contribution in [0.4, 0.5) is 5.69 Å². The summed E-state index contributed by atoms with van der Waals surface area (Å²) < 4.78 is 0. The van der Waals surface area contributed by atoms with Crippen LogP contribution in [-0.4, -0.2) is 23.7 Å². The van der Waals surface area contributed by atoms with Crippen LogP contribution in [0.2, 0.25) is 10.0 Å². The van der Waals surface area contributed by atoms with Crippen molar-refractivity contribution in [3.8, 4) is 0 Å². The van der Waals surface area contributed by atoms with Crippen LogP contribution in [0.1, 0.15) is 6.42 Å². The van der Waals surface area contributed by atoms with Crippen LogP contribution in [0.3, 0.4) is 0 Å². The highest BCUT2D eigenvalue weighted by Gasteiger charge is 2.10. The fraction of sp³-hybridized carbons (Fsp3) is 0.300. The van der Waals surface area contributed by atoms with Crippen LogP contribution in [0.25, 0.3) is 0 Å². The third kappa shape index (κ3) is 3.89. The smallest absolute Gasteiger partial charge is 0.320 e. The Labute approximate surface area is 103 Å². The maximum Gasteiger partial charge on any atom is 0.320 e. The van der Waals surface area contributed by atoms with E-state index in [0.717, 1.165) is 5.69 Å². The molecular weight excluding hydrogens is 251 g/mol. The second-order valence-corrected chi connectivity index (χ2v) is 4.10. The zero-order valence-corrected chi connectivity index (χ0v) is 9.92. The van der Waals surface area contributed by atoms with Crippen LogP contribution in [0, 0.1) is 0 Å². The van der Waals surface area contributed by atoms with Crippen molar-refractivity contribution in [3.63, 3.8) is 0 Å². The largest absolute Gasteiger partial charge is 0.480 e. The van der Waals surface area contributed by atoms with Crippen molar-refractivity contribution >= 4 is 34.9 Å². The molecule has 1 atom stereocenters. The number of rotatable bonds is 5. The Hall–Kier alpha value is -0.970. The highest BCUT2D eigenvalue weighted by Crippen LogP contribution is 2.24. The van der Waals surface area contributed by atoms with E-state index in [9.17, 15) is 4.79 Å². The van der Waals surface area contributed by atoms with E-state index < -0.39 is 12.0 Å². The van der Waals surface area contributed by atoms with E-state index in [0.29, 0.717) is 23.0 Å². The summed E-state index contributed by atoms with van der Waals surface area (Å²) in [7, 11) is 0. The van der Waals surface area contributed by atoms with Crippen molar-refractivity contribution in [2.45, 2.75) is 12.5 Å². The number of hydrogen-bond donors (Lipinski definition) is 3. The van der Waals surface area contributed by atoms with Crippen molar-refractivity contribution in [1.82, 2.24) is 0 Å². The summed E-state index contributed by atoms with van der Waals surface area (Å²) in [6, 6.07) is 4.26. The van der Waals surface area contributed by atoms with Crippen molar-refractivity contribution in [3.05, 3.63) is 28.2 Å². The molecule has 6 heteroatoms. The lowest BCUT2D eigenvalue weighted by atomic mass is 10.2. The molecule has 16 heavy (non-hydrogen) atoms. The monoisotopic (exact) mass is 262 g/mol. The molecule has 0 aromatic heterocycles. The molecule has 1 aromatic rings. The van der Waals surface area contributed by atoms with Gasteiger partial charge in [0, 0.05) is 12.2 Å². The van der Waals surface area contributed by atoms with E-state index >= 15 is 0 Å². The fourth-order valence-electron chi connectivity index (χ4n) is 1.10. The van der Waals surface area contributed by atoms with Crippen LogP contribution in [0.15, 0.2) is 18.2 Å². The average molecular weight is 263 g/mol. The Bertz CT molecular complexity index is 385. The van der Waals surface area contributed by atoms with Crippen molar-refractivity contribution in [1.29, 1.82) is 0 Å². The fourth-order valence-corrected chi connectivity index (χ4v) is 1.40. The van der Waals surface area contributed by atoms with Gasteiger partial charge >= 0.3 is 5.97 Å². The minimum Gasteiger partial charge on any atom is -0.480 e. The summed E-state index contributed by atoms with van der Waals surface area (Å²) in [6.45, 7) is 0.464. The molecule has 0 heterocycles. The van der Waals surface area contributed by atoms with Gasteiger partial charge in [-0.05, 0) is 24.6 Å². The molecule has 88 valence electrons. The van der Waals surface area contributed by atoms with Crippen LogP contribution in [0.5, 0.6) is 0 Å². The van der Waals surface area contributed by atoms with Crippen molar-refractivity contribution < 1.29 is 9.90 Å². The number of nitrogens with two attached hydrogens (primary N) is 1. The molecule has 0 saturated carbocycles. The highest BCUT2D eigenvalue weighted by atomic mass is 35.5. The Morgan fingerprint density at radius 1 is 1.44 bits per heavy atom. The maximum atomic E-state index is 10.4. The summed E-state index contributed by atoms with van der Waals surface area (Å²) in [5.74, 6) is -1.00. The first-order chi connectivity index (χ1) is 7.50. The average Bonchev–Trinajstić information content (AvgIpc) is 2.23. The van der Waals surface area contributed by atoms with E-state index in [4.69, 9.17) is 34.0 Å². The van der Waals surface area contributed by atoms with Crippen LogP contribution < -0.4 is 11.1 Å². The predicted octanol–water partition coefficient (Wildman–Crippen LogP) is 2.21. The van der Waals surface area contributed by atoms with Gasteiger partial charge in [-0.1, -0.05) is 23.2 Å². The number of benzene rings is 1. The van der Waals surface area contributed by atoms with E-state index in [2.05, 4.69) is 5.32 Å². The lowest BCUT2D eigenvalue weighted by Gasteiger charge is -2.09. The molecule has 0 saturated heterocycles. The van der Waals surface area contributed by atoms with Gasteiger partial charge in [0.15, 0.2) is 0 Å². The number of carbonyl (C=O) groups is 1. The molecule has 0 fully saturated rings. The standard InChI is InChI=1S/C10H12Cl2N2O2/c11-7-2-1-6(5-8(7)12)14-4-3-9(13)10(15)16/h1-2,5,9,14H,3-4,13H2,(H,15,16). The van der Waals surface area contributed by atoms with Crippen molar-refractivity contribution in [2.75, 3.05) is 11.9 Å². The first-order valence-corrected chi connectivity index (χ1v) is 5.43. The molecule has 0 aliphatic heterocycles. The Morgan fingerprint density at radius 2 is 2.12 bits per heavy atom. The van der Waals surface area contributed by atoms with E-state index in [-0.39, 0.29) is 0 Å². The van der Waals surface area contributed by atoms with E-state index in [1.807, 2.05) is 0 Å². The number of aliphatic carboxylic acids is 1. The zero-order chi connectivity index (χ0) is 12.1. The van der Waals surface area contributed by atoms with Crippen LogP contribution in [-0.2, 0) is 4.79 Å². The molecule has 1 unspecified atom stereocenters. The molecule has 4 nitrogen and oxygen atoms in total. The molecule has 0 aliphatic carbocycles. The predicted molar refractivity (Wildman–Crippen MR) is 65.2 cm³/mol. The van der Waals surface area contributed by atoms with Crippen molar-refractivity contribution in [2.24, 2.45) is 5.73 Å². The zero-order valence-electron chi connectivity index (χ0n) is 8.41. The quantitative estimate of drug-likeness (QED) is 0.761. The summed E-state index contributed by atoms with van der Waals surface area (Å²) >= 11 is 11.6. The van der Waals surface area contributed by atoms with E-state index in [1.165, 1.54) is 0 Å². The summed E-state index contributed by atoms with van der Waals surface area (Å²) in [5, 5.41) is 12.5. The van der Waals surface area contributed by atoms with Gasteiger partial charge in [0.2, 0.25) is 0 Å². The minimum atomic E-state index is -1.00. The molecule has 0 spiro atoms. The number of carboxylic acids is 1. The normalized spacial score (nSPS) is 12.2. The first kappa shape index (κ1) is 13.1. The molecule has 1 aromatic carbocycles. The van der Waals surface area contributed by atoms with Gasteiger partial charge < -0.3 is 16.2 Å². The maximum absolute atomic E-state index is 10.4. The van der Waals surface area contributed by atoms with Gasteiger partial charge in [-0.15, -0.1) is 0 Å². The van der Waals surface area contributed by atoms with Gasteiger partial charge in [0.1, 0.15) is 6.04 Å². The second-order valence-electron chi connectivity index (χ2n) is 3.29. The lowest BCUT2D eigenvalue weighted by molar-refractivity contribution is -0.138. The van der Waals surface area contributed by atoms with Gasteiger partial charge in [0.25, 0.3) is 0 Å². The number of hydrogen-bond acceptors (Lipinski definition) is 3. The third-order valence-corrected chi connectivity index (χ3v) is 2.76. The number of nitrogens with one attached hydrogen (secondary N) is 1. The first-order valence-electron chi connectivity index (χ1n) is 4.68. The molecule has 0 bridgehead atoms. The molecule has 0 radical (unpaired) electrons. The molecule has 0 aliphatic rings. The SMILES string of the molecule is NC(CCNc1ccc(Cl)c(Cl)c1)C(=O)O. The Morgan fingerprint density at radius 3 is 2.69 bits per heavy atom. The Kier molecular flexibility index (Phi) is 4.86.